The number of benzene rings is 3. The molecule has 0 radical (unpaired) electrons. The number of rotatable bonds is 10. The minimum absolute atomic E-state index is 0.113. The number of halogens is 4. The van der Waals surface area contributed by atoms with Gasteiger partial charge in [0.15, 0.2) is 11.6 Å². The van der Waals surface area contributed by atoms with Crippen LogP contribution in [0, 0.1) is 18.6 Å². The van der Waals surface area contributed by atoms with Gasteiger partial charge in [0, 0.05) is 48.9 Å². The van der Waals surface area contributed by atoms with Crippen LogP contribution in [-0.2, 0) is 0 Å². The highest BCUT2D eigenvalue weighted by molar-refractivity contribution is 5.73. The molecule has 0 aromatic heterocycles. The Balaban J connectivity index is 1.45. The van der Waals surface area contributed by atoms with E-state index in [9.17, 15) is 13.2 Å². The maximum Gasteiger partial charge on any atom is 0.320 e. The van der Waals surface area contributed by atoms with E-state index in [1.807, 2.05) is 24.0 Å². The van der Waals surface area contributed by atoms with Gasteiger partial charge in [-0.05, 0) is 49.2 Å². The maximum absolute atomic E-state index is 15.1. The standard InChI is InChI=1S/C31H33F4N3O/c1-4-5-10-23-18-30(27(33)20-28(23)36-25-12-8-11-24(32)19-25)39-26-14-16-37(17-15-26)22(3)38(31(34)35)29-13-7-6-9-21(29)2/h5-13,18-20,26,31,36H,3-4,14-17H2,1-2H3/b10-5+. The highest BCUT2D eigenvalue weighted by Crippen LogP contribution is 2.33. The first kappa shape index (κ1) is 28.1. The molecule has 4 nitrogen and oxygen atoms in total. The van der Waals surface area contributed by atoms with Gasteiger partial charge in [0.25, 0.3) is 0 Å². The van der Waals surface area contributed by atoms with E-state index in [-0.39, 0.29) is 17.7 Å². The first-order valence-corrected chi connectivity index (χ1v) is 13.0. The molecule has 206 valence electrons. The van der Waals surface area contributed by atoms with Crippen LogP contribution in [0.25, 0.3) is 6.08 Å². The maximum atomic E-state index is 15.1. The number of hydrogen-bond acceptors (Lipinski definition) is 4. The zero-order chi connectivity index (χ0) is 27.9. The molecule has 1 aliphatic heterocycles. The van der Waals surface area contributed by atoms with Gasteiger partial charge in [0.2, 0.25) is 0 Å². The van der Waals surface area contributed by atoms with Crippen molar-refractivity contribution in [3.05, 3.63) is 102 Å². The third-order valence-corrected chi connectivity index (χ3v) is 6.69. The minimum Gasteiger partial charge on any atom is -0.487 e. The summed E-state index contributed by atoms with van der Waals surface area (Å²) in [6.45, 7) is 5.90. The number of aryl methyl sites for hydroxylation is 1. The predicted molar refractivity (Wildman–Crippen MR) is 149 cm³/mol. The topological polar surface area (TPSA) is 27.7 Å². The van der Waals surface area contributed by atoms with Crippen LogP contribution in [0.15, 0.2) is 79.1 Å². The molecule has 0 aliphatic carbocycles. The normalized spacial score (nSPS) is 14.2. The van der Waals surface area contributed by atoms with E-state index in [2.05, 4.69) is 11.9 Å². The van der Waals surface area contributed by atoms with Crippen LogP contribution in [0.3, 0.4) is 0 Å². The molecule has 0 bridgehead atoms. The number of alkyl halides is 2. The van der Waals surface area contributed by atoms with Crippen molar-refractivity contribution in [2.24, 2.45) is 0 Å². The molecule has 4 rings (SSSR count). The Kier molecular flexibility index (Phi) is 9.17. The molecule has 0 amide bonds. The second kappa shape index (κ2) is 12.7. The third kappa shape index (κ3) is 6.93. The van der Waals surface area contributed by atoms with Gasteiger partial charge in [-0.1, -0.05) is 49.9 Å². The van der Waals surface area contributed by atoms with Crippen molar-refractivity contribution in [2.75, 3.05) is 23.3 Å². The Bertz CT molecular complexity index is 1320. The second-order valence-corrected chi connectivity index (χ2v) is 9.47. The zero-order valence-corrected chi connectivity index (χ0v) is 22.1. The Morgan fingerprint density at radius 2 is 1.85 bits per heavy atom. The van der Waals surface area contributed by atoms with E-state index in [0.717, 1.165) is 16.9 Å². The lowest BCUT2D eigenvalue weighted by Gasteiger charge is -2.39. The number of hydrogen-bond donors (Lipinski definition) is 1. The molecule has 3 aromatic carbocycles. The van der Waals surface area contributed by atoms with Gasteiger partial charge >= 0.3 is 6.55 Å². The summed E-state index contributed by atoms with van der Waals surface area (Å²) in [4.78, 5) is 2.77. The van der Waals surface area contributed by atoms with E-state index in [0.29, 0.717) is 48.6 Å². The summed E-state index contributed by atoms with van der Waals surface area (Å²) in [6.07, 6.45) is 5.35. The molecule has 1 aliphatic rings. The summed E-state index contributed by atoms with van der Waals surface area (Å²) >= 11 is 0. The summed E-state index contributed by atoms with van der Waals surface area (Å²) < 4.78 is 62.9. The Labute approximate surface area is 227 Å². The van der Waals surface area contributed by atoms with Crippen LogP contribution in [0.5, 0.6) is 5.75 Å². The molecule has 1 fully saturated rings. The predicted octanol–water partition coefficient (Wildman–Crippen LogP) is 8.48. The van der Waals surface area contributed by atoms with E-state index in [1.165, 1.54) is 18.2 Å². The average molecular weight is 540 g/mol. The van der Waals surface area contributed by atoms with Gasteiger partial charge in [-0.2, -0.15) is 8.78 Å². The quantitative estimate of drug-likeness (QED) is 0.207. The Morgan fingerprint density at radius 3 is 2.51 bits per heavy atom. The highest BCUT2D eigenvalue weighted by atomic mass is 19.3. The summed E-state index contributed by atoms with van der Waals surface area (Å²) in [7, 11) is 0. The smallest absolute Gasteiger partial charge is 0.320 e. The van der Waals surface area contributed by atoms with E-state index >= 15 is 4.39 Å². The molecule has 0 unspecified atom stereocenters. The van der Waals surface area contributed by atoms with Crippen molar-refractivity contribution in [1.29, 1.82) is 0 Å². The Morgan fingerprint density at radius 1 is 1.10 bits per heavy atom. The molecule has 3 aromatic rings. The summed E-state index contributed by atoms with van der Waals surface area (Å²) in [5.41, 5.74) is 2.84. The average Bonchev–Trinajstić information content (AvgIpc) is 2.91. The van der Waals surface area contributed by atoms with E-state index in [1.54, 1.807) is 49.4 Å². The van der Waals surface area contributed by atoms with E-state index in [4.69, 9.17) is 4.74 Å². The molecule has 0 saturated carbocycles. The summed E-state index contributed by atoms with van der Waals surface area (Å²) in [5.74, 6) is -0.598. The molecule has 0 atom stereocenters. The van der Waals surface area contributed by atoms with Crippen LogP contribution in [0.4, 0.5) is 34.6 Å². The molecular formula is C31H33F4N3O. The molecule has 8 heteroatoms. The molecule has 0 spiro atoms. The van der Waals surface area contributed by atoms with Crippen molar-refractivity contribution in [3.63, 3.8) is 0 Å². The molecule has 1 heterocycles. The number of piperidine rings is 1. The lowest BCUT2D eigenvalue weighted by atomic mass is 10.1. The monoisotopic (exact) mass is 539 g/mol. The third-order valence-electron chi connectivity index (χ3n) is 6.69. The molecule has 1 N–H and O–H groups in total. The van der Waals surface area contributed by atoms with Crippen LogP contribution < -0.4 is 15.0 Å². The fourth-order valence-corrected chi connectivity index (χ4v) is 4.63. The second-order valence-electron chi connectivity index (χ2n) is 9.47. The number of nitrogens with one attached hydrogen (secondary N) is 1. The number of para-hydroxylation sites is 1. The zero-order valence-electron chi connectivity index (χ0n) is 22.1. The lowest BCUT2D eigenvalue weighted by Crippen LogP contribution is -2.44. The van der Waals surface area contributed by atoms with E-state index < -0.39 is 18.2 Å². The molecule has 39 heavy (non-hydrogen) atoms. The number of nitrogens with zero attached hydrogens (tertiary/aromatic N) is 2. The lowest BCUT2D eigenvalue weighted by molar-refractivity contribution is 0.0982. The number of anilines is 3. The Hall–Kier alpha value is -3.94. The first-order chi connectivity index (χ1) is 18.8. The number of likely N-dealkylation sites (tertiary alicyclic amines) is 1. The van der Waals surface area contributed by atoms with Gasteiger partial charge in [0.1, 0.15) is 17.7 Å². The highest BCUT2D eigenvalue weighted by Gasteiger charge is 2.29. The minimum atomic E-state index is -2.74. The molecule has 1 saturated heterocycles. The van der Waals surface area contributed by atoms with Gasteiger partial charge in [-0.25, -0.2) is 8.78 Å². The fourth-order valence-electron chi connectivity index (χ4n) is 4.63. The van der Waals surface area contributed by atoms with Crippen LogP contribution in [-0.4, -0.2) is 30.6 Å². The van der Waals surface area contributed by atoms with Gasteiger partial charge in [0.05, 0.1) is 5.69 Å². The van der Waals surface area contributed by atoms with Crippen molar-refractivity contribution in [3.8, 4) is 5.75 Å². The largest absolute Gasteiger partial charge is 0.487 e. The summed E-state index contributed by atoms with van der Waals surface area (Å²) in [6, 6.07) is 15.9. The first-order valence-electron chi connectivity index (χ1n) is 13.0. The van der Waals surface area contributed by atoms with Crippen molar-refractivity contribution in [1.82, 2.24) is 4.90 Å². The number of allylic oxidation sites excluding steroid dienone is 1. The van der Waals surface area contributed by atoms with Crippen molar-refractivity contribution in [2.45, 2.75) is 45.8 Å². The van der Waals surface area contributed by atoms with Crippen molar-refractivity contribution < 1.29 is 22.3 Å². The van der Waals surface area contributed by atoms with Gasteiger partial charge < -0.3 is 15.0 Å². The van der Waals surface area contributed by atoms with Crippen LogP contribution in [0.2, 0.25) is 0 Å². The van der Waals surface area contributed by atoms with Crippen LogP contribution >= 0.6 is 0 Å². The SMILES string of the molecule is C=C(N1CCC(Oc2cc(/C=C/CC)c(Nc3cccc(F)c3)cc2F)CC1)N(c1ccccc1C)C(F)F. The van der Waals surface area contributed by atoms with Gasteiger partial charge in [-0.15, -0.1) is 0 Å². The fraction of sp³-hybridized carbons (Fsp3) is 0.290. The number of ether oxygens (including phenoxy) is 1. The summed E-state index contributed by atoms with van der Waals surface area (Å²) in [5, 5.41) is 3.08. The van der Waals surface area contributed by atoms with Crippen molar-refractivity contribution >= 4 is 23.1 Å². The van der Waals surface area contributed by atoms with Gasteiger partial charge in [-0.3, -0.25) is 4.90 Å². The molecular weight excluding hydrogens is 506 g/mol. The van der Waals surface area contributed by atoms with Crippen LogP contribution in [0.1, 0.15) is 37.3 Å².